The molecule has 0 atom stereocenters. The molecule has 0 aliphatic carbocycles. The maximum absolute atomic E-state index is 5.66. The Kier molecular flexibility index (Phi) is 6.76. The van der Waals surface area contributed by atoms with E-state index < -0.39 is 0 Å². The largest absolute Gasteiger partial charge is 0.494 e. The third-order valence-electron chi connectivity index (χ3n) is 2.87. The van der Waals surface area contributed by atoms with E-state index >= 15 is 0 Å². The van der Waals surface area contributed by atoms with Gasteiger partial charge in [0.2, 0.25) is 0 Å². The van der Waals surface area contributed by atoms with Crippen molar-refractivity contribution in [3.63, 3.8) is 0 Å². The predicted molar refractivity (Wildman–Crippen MR) is 74.3 cm³/mol. The Morgan fingerprint density at radius 1 is 1.00 bits per heavy atom. The number of rotatable bonds is 8. The van der Waals surface area contributed by atoms with Crippen molar-refractivity contribution in [3.8, 4) is 5.75 Å². The predicted octanol–water partition coefficient (Wildman–Crippen LogP) is 4.85. The van der Waals surface area contributed by atoms with E-state index in [-0.39, 0.29) is 0 Å². The minimum absolute atomic E-state index is 0.832. The van der Waals surface area contributed by atoms with Crippen LogP contribution >= 0.6 is 0 Å². The molecule has 0 aliphatic heterocycles. The fourth-order valence-electron chi connectivity index (χ4n) is 1.78. The van der Waals surface area contributed by atoms with Gasteiger partial charge in [0.05, 0.1) is 6.61 Å². The lowest BCUT2D eigenvalue weighted by Crippen LogP contribution is -1.97. The van der Waals surface area contributed by atoms with E-state index in [1.165, 1.54) is 25.7 Å². The molecular weight excluding hydrogens is 208 g/mol. The van der Waals surface area contributed by atoms with Crippen LogP contribution in [0.4, 0.5) is 0 Å². The molecule has 0 unspecified atom stereocenters. The summed E-state index contributed by atoms with van der Waals surface area (Å²) in [7, 11) is 0. The number of unbranched alkanes of at least 4 members (excludes halogenated alkanes) is 3. The first-order chi connectivity index (χ1) is 8.18. The van der Waals surface area contributed by atoms with Gasteiger partial charge in [-0.15, -0.1) is 0 Å². The summed E-state index contributed by atoms with van der Waals surface area (Å²) in [4.78, 5) is 0. The van der Waals surface area contributed by atoms with Crippen molar-refractivity contribution < 1.29 is 4.74 Å². The van der Waals surface area contributed by atoms with Crippen LogP contribution in [0.5, 0.6) is 5.75 Å². The van der Waals surface area contributed by atoms with Crippen LogP contribution in [0.3, 0.4) is 0 Å². The third-order valence-corrected chi connectivity index (χ3v) is 2.87. The molecule has 0 amide bonds. The van der Waals surface area contributed by atoms with Crippen molar-refractivity contribution in [3.05, 3.63) is 36.8 Å². The summed E-state index contributed by atoms with van der Waals surface area (Å²) in [5.74, 6) is 1.80. The highest BCUT2D eigenvalue weighted by molar-refractivity contribution is 5.28. The minimum atomic E-state index is 0.832. The number of benzene rings is 1. The van der Waals surface area contributed by atoms with Gasteiger partial charge in [-0.2, -0.15) is 0 Å². The maximum atomic E-state index is 5.66. The lowest BCUT2D eigenvalue weighted by atomic mass is 10.0. The van der Waals surface area contributed by atoms with E-state index in [9.17, 15) is 0 Å². The Morgan fingerprint density at radius 2 is 1.65 bits per heavy atom. The van der Waals surface area contributed by atoms with Crippen LogP contribution in [0.15, 0.2) is 24.3 Å². The van der Waals surface area contributed by atoms with Gasteiger partial charge in [0.25, 0.3) is 0 Å². The molecule has 0 aromatic heterocycles. The molecule has 1 nitrogen and oxygen atoms in total. The van der Waals surface area contributed by atoms with Gasteiger partial charge in [-0.3, -0.25) is 0 Å². The third kappa shape index (κ3) is 7.04. The van der Waals surface area contributed by atoms with E-state index in [1.54, 1.807) is 0 Å². The summed E-state index contributed by atoms with van der Waals surface area (Å²) in [5, 5.41) is 0. The normalized spacial score (nSPS) is 10.8. The van der Waals surface area contributed by atoms with Crippen LogP contribution in [-0.4, -0.2) is 6.61 Å². The van der Waals surface area contributed by atoms with Gasteiger partial charge >= 0.3 is 0 Å². The average Bonchev–Trinajstić information content (AvgIpc) is 2.30. The average molecular weight is 233 g/mol. The first-order valence-electron chi connectivity index (χ1n) is 6.73. The Labute approximate surface area is 106 Å². The molecule has 1 rings (SSSR count). The van der Waals surface area contributed by atoms with E-state index in [1.807, 2.05) is 24.3 Å². The van der Waals surface area contributed by atoms with Crippen LogP contribution in [0.1, 0.15) is 51.5 Å². The lowest BCUT2D eigenvalue weighted by molar-refractivity contribution is 0.304. The van der Waals surface area contributed by atoms with Gasteiger partial charge in [-0.05, 0) is 37.0 Å². The number of hydrogen-bond donors (Lipinski definition) is 0. The monoisotopic (exact) mass is 233 g/mol. The van der Waals surface area contributed by atoms with Gasteiger partial charge in [-0.1, -0.05) is 51.7 Å². The van der Waals surface area contributed by atoms with Crippen molar-refractivity contribution in [2.75, 3.05) is 6.61 Å². The summed E-state index contributed by atoms with van der Waals surface area (Å²) in [6, 6.07) is 7.94. The van der Waals surface area contributed by atoms with Crippen LogP contribution in [-0.2, 0) is 0 Å². The highest BCUT2D eigenvalue weighted by Gasteiger charge is 1.96. The van der Waals surface area contributed by atoms with Crippen molar-refractivity contribution in [1.82, 2.24) is 0 Å². The van der Waals surface area contributed by atoms with Crippen LogP contribution < -0.4 is 4.74 Å². The second kappa shape index (κ2) is 8.16. The second-order valence-corrected chi connectivity index (χ2v) is 5.09. The molecule has 0 saturated carbocycles. The molecule has 0 spiro atoms. The Morgan fingerprint density at radius 3 is 2.29 bits per heavy atom. The van der Waals surface area contributed by atoms with E-state index in [0.717, 1.165) is 30.3 Å². The number of hydrogen-bond acceptors (Lipinski definition) is 1. The summed E-state index contributed by atoms with van der Waals surface area (Å²) in [6.07, 6.45) is 6.48. The van der Waals surface area contributed by atoms with Crippen LogP contribution in [0.2, 0.25) is 0 Å². The topological polar surface area (TPSA) is 9.23 Å². The summed E-state index contributed by atoms with van der Waals surface area (Å²) >= 11 is 0. The van der Waals surface area contributed by atoms with Crippen molar-refractivity contribution in [2.45, 2.75) is 46.0 Å². The fraction of sp³-hybridized carbons (Fsp3) is 0.562. The Bertz CT molecular complexity index is 287. The first kappa shape index (κ1) is 14.1. The molecule has 1 radical (unpaired) electrons. The molecular formula is C16H25O. The van der Waals surface area contributed by atoms with E-state index in [0.29, 0.717) is 0 Å². The van der Waals surface area contributed by atoms with Crippen molar-refractivity contribution >= 4 is 0 Å². The smallest absolute Gasteiger partial charge is 0.119 e. The quantitative estimate of drug-likeness (QED) is 0.583. The molecule has 1 aromatic carbocycles. The SMILES string of the molecule is [CH2]c1ccc(OCCCCCCC(C)C)cc1. The van der Waals surface area contributed by atoms with Gasteiger partial charge < -0.3 is 4.74 Å². The standard InChI is InChI=1S/C16H25O/c1-14(2)8-6-4-5-7-13-17-16-11-9-15(3)10-12-16/h9-12,14H,3-8,13H2,1-2H3. The molecule has 0 aliphatic rings. The molecule has 17 heavy (non-hydrogen) atoms. The summed E-state index contributed by atoms with van der Waals surface area (Å²) < 4.78 is 5.66. The van der Waals surface area contributed by atoms with Crippen molar-refractivity contribution in [1.29, 1.82) is 0 Å². The fourth-order valence-corrected chi connectivity index (χ4v) is 1.78. The molecule has 0 bridgehead atoms. The highest BCUT2D eigenvalue weighted by Crippen LogP contribution is 2.13. The maximum Gasteiger partial charge on any atom is 0.119 e. The van der Waals surface area contributed by atoms with E-state index in [4.69, 9.17) is 4.74 Å². The zero-order valence-corrected chi connectivity index (χ0v) is 11.2. The van der Waals surface area contributed by atoms with Crippen LogP contribution in [0.25, 0.3) is 0 Å². The van der Waals surface area contributed by atoms with Gasteiger partial charge in [-0.25, -0.2) is 0 Å². The van der Waals surface area contributed by atoms with Crippen molar-refractivity contribution in [2.24, 2.45) is 5.92 Å². The van der Waals surface area contributed by atoms with Gasteiger partial charge in [0.1, 0.15) is 5.75 Å². The Hall–Kier alpha value is -0.980. The first-order valence-corrected chi connectivity index (χ1v) is 6.73. The lowest BCUT2D eigenvalue weighted by Gasteiger charge is -2.07. The summed E-state index contributed by atoms with van der Waals surface area (Å²) in [6.45, 7) is 9.26. The van der Waals surface area contributed by atoms with Crippen LogP contribution in [0, 0.1) is 12.8 Å². The van der Waals surface area contributed by atoms with Gasteiger partial charge in [0.15, 0.2) is 0 Å². The number of ether oxygens (including phenoxy) is 1. The zero-order valence-electron chi connectivity index (χ0n) is 11.2. The van der Waals surface area contributed by atoms with E-state index in [2.05, 4.69) is 20.8 Å². The summed E-state index contributed by atoms with van der Waals surface area (Å²) in [5.41, 5.74) is 1.03. The Balaban J connectivity index is 1.99. The molecule has 1 aromatic rings. The zero-order chi connectivity index (χ0) is 12.5. The molecule has 0 fully saturated rings. The minimum Gasteiger partial charge on any atom is -0.494 e. The van der Waals surface area contributed by atoms with Gasteiger partial charge in [0, 0.05) is 0 Å². The molecule has 0 N–H and O–H groups in total. The molecule has 0 saturated heterocycles. The molecule has 0 heterocycles. The highest BCUT2D eigenvalue weighted by atomic mass is 16.5. The molecule has 1 heteroatoms. The molecule has 95 valence electrons. The second-order valence-electron chi connectivity index (χ2n) is 5.09.